The fraction of sp³-hybridized carbons (Fsp3) is 0.321. The lowest BCUT2D eigenvalue weighted by Crippen LogP contribution is -2.11. The molecule has 0 saturated heterocycles. The predicted octanol–water partition coefficient (Wildman–Crippen LogP) is 7.20. The minimum Gasteiger partial charge on any atom is -0.363 e. The molecule has 0 aromatic heterocycles. The maximum Gasteiger partial charge on any atom is 0.0386 e. The molecule has 2 rings (SSSR count). The van der Waals surface area contributed by atoms with Crippen molar-refractivity contribution in [2.75, 3.05) is 7.05 Å². The molecule has 0 bridgehead atoms. The van der Waals surface area contributed by atoms with Gasteiger partial charge in [-0.3, -0.25) is 4.99 Å². The van der Waals surface area contributed by atoms with Crippen molar-refractivity contribution in [1.82, 2.24) is 5.32 Å². The Morgan fingerprint density at radius 3 is 2.23 bits per heavy atom. The second-order valence-electron chi connectivity index (χ2n) is 7.71. The van der Waals surface area contributed by atoms with Gasteiger partial charge in [0.25, 0.3) is 0 Å². The number of hydrogen-bond donors (Lipinski definition) is 1. The molecule has 2 heteroatoms. The van der Waals surface area contributed by atoms with E-state index in [1.54, 1.807) is 0 Å². The lowest BCUT2D eigenvalue weighted by molar-refractivity contribution is 0.831. The van der Waals surface area contributed by atoms with E-state index in [4.69, 9.17) is 0 Å². The topological polar surface area (TPSA) is 24.4 Å². The number of rotatable bonds is 8. The zero-order valence-electron chi connectivity index (χ0n) is 19.7. The second kappa shape index (κ2) is 13.4. The van der Waals surface area contributed by atoms with Gasteiger partial charge in [0.1, 0.15) is 0 Å². The molecule has 0 saturated carbocycles. The van der Waals surface area contributed by atoms with Gasteiger partial charge < -0.3 is 5.32 Å². The van der Waals surface area contributed by atoms with Gasteiger partial charge >= 0.3 is 0 Å². The Hall–Kier alpha value is -2.87. The molecule has 0 atom stereocenters. The first-order valence-corrected chi connectivity index (χ1v) is 10.6. The maximum absolute atomic E-state index is 4.08. The van der Waals surface area contributed by atoms with E-state index in [0.717, 1.165) is 36.2 Å². The lowest BCUT2D eigenvalue weighted by atomic mass is 9.99. The molecule has 0 aliphatic rings. The van der Waals surface area contributed by atoms with Crippen molar-refractivity contribution in [3.05, 3.63) is 107 Å². The van der Waals surface area contributed by atoms with E-state index >= 15 is 0 Å². The summed E-state index contributed by atoms with van der Waals surface area (Å²) in [7, 11) is 1.81. The Morgan fingerprint density at radius 2 is 1.70 bits per heavy atom. The number of hydrogen-bond acceptors (Lipinski definition) is 2. The summed E-state index contributed by atoms with van der Waals surface area (Å²) in [4.78, 5) is 4.08. The molecular weight excluding hydrogens is 364 g/mol. The average molecular weight is 403 g/mol. The summed E-state index contributed by atoms with van der Waals surface area (Å²) in [6.45, 7) is 18.3. The molecule has 30 heavy (non-hydrogen) atoms. The highest BCUT2D eigenvalue weighted by molar-refractivity contribution is 5.98. The molecule has 0 aliphatic carbocycles. The van der Waals surface area contributed by atoms with Crippen LogP contribution < -0.4 is 5.32 Å². The monoisotopic (exact) mass is 402 g/mol. The second-order valence-corrected chi connectivity index (χ2v) is 7.71. The third-order valence-electron chi connectivity index (χ3n) is 4.80. The summed E-state index contributed by atoms with van der Waals surface area (Å²) >= 11 is 0. The van der Waals surface area contributed by atoms with Crippen LogP contribution in [-0.4, -0.2) is 12.8 Å². The number of allylic oxidation sites excluding steroid dienone is 4. The van der Waals surface area contributed by atoms with Crippen molar-refractivity contribution >= 4 is 5.71 Å². The van der Waals surface area contributed by atoms with Crippen molar-refractivity contribution < 1.29 is 0 Å². The fourth-order valence-electron chi connectivity index (χ4n) is 3.09. The first-order chi connectivity index (χ1) is 14.3. The molecule has 0 amide bonds. The van der Waals surface area contributed by atoms with Crippen molar-refractivity contribution in [2.45, 2.75) is 53.9 Å². The minimum atomic E-state index is 0.968. The minimum absolute atomic E-state index is 0.968. The van der Waals surface area contributed by atoms with Crippen molar-refractivity contribution in [1.29, 1.82) is 0 Å². The van der Waals surface area contributed by atoms with Gasteiger partial charge in [-0.05, 0) is 75.3 Å². The van der Waals surface area contributed by atoms with Crippen LogP contribution in [0.25, 0.3) is 0 Å². The van der Waals surface area contributed by atoms with Crippen molar-refractivity contribution in [2.24, 2.45) is 4.99 Å². The van der Waals surface area contributed by atoms with Crippen LogP contribution in [-0.2, 0) is 12.8 Å². The Kier molecular flexibility index (Phi) is 11.2. The summed E-state index contributed by atoms with van der Waals surface area (Å²) in [6, 6.07) is 16.9. The van der Waals surface area contributed by atoms with E-state index < -0.39 is 0 Å². The molecule has 1 N–H and O–H groups in total. The van der Waals surface area contributed by atoms with E-state index in [9.17, 15) is 0 Å². The molecule has 160 valence electrons. The normalized spacial score (nSPS) is 11.4. The van der Waals surface area contributed by atoms with Crippen molar-refractivity contribution in [3.63, 3.8) is 0 Å². The maximum atomic E-state index is 4.08. The molecule has 0 radical (unpaired) electrons. The third kappa shape index (κ3) is 9.56. The Bertz CT molecular complexity index is 886. The Labute approximate surface area is 184 Å². The van der Waals surface area contributed by atoms with Gasteiger partial charge in [0, 0.05) is 24.2 Å². The molecule has 0 fully saturated rings. The van der Waals surface area contributed by atoms with Crippen LogP contribution in [0.1, 0.15) is 56.4 Å². The smallest absolute Gasteiger partial charge is 0.0386 e. The predicted molar refractivity (Wildman–Crippen MR) is 134 cm³/mol. The van der Waals surface area contributed by atoms with E-state index in [1.807, 2.05) is 46.0 Å². The molecule has 2 aromatic carbocycles. The van der Waals surface area contributed by atoms with Gasteiger partial charge in [0.05, 0.1) is 0 Å². The highest BCUT2D eigenvalue weighted by Crippen LogP contribution is 2.15. The number of benzene rings is 2. The molecule has 0 spiro atoms. The van der Waals surface area contributed by atoms with E-state index in [2.05, 4.69) is 73.7 Å². The van der Waals surface area contributed by atoms with Crippen LogP contribution in [0.5, 0.6) is 0 Å². The molecule has 0 aliphatic heterocycles. The molecule has 0 unspecified atom stereocenters. The van der Waals surface area contributed by atoms with E-state index in [1.165, 1.54) is 28.0 Å². The van der Waals surface area contributed by atoms with Crippen LogP contribution in [0, 0.1) is 6.92 Å². The molecular formula is C28H38N2. The average Bonchev–Trinajstić information content (AvgIpc) is 2.72. The summed E-state index contributed by atoms with van der Waals surface area (Å²) in [5, 5.41) is 3.33. The Balaban J connectivity index is 0.000000375. The van der Waals surface area contributed by atoms with Gasteiger partial charge in [-0.15, -0.1) is 0 Å². The molecule has 2 aromatic rings. The fourth-order valence-corrected chi connectivity index (χ4v) is 3.09. The van der Waals surface area contributed by atoms with Crippen LogP contribution >= 0.6 is 0 Å². The van der Waals surface area contributed by atoms with Gasteiger partial charge in [-0.1, -0.05) is 74.2 Å². The number of aryl methyl sites for hydroxylation is 3. The van der Waals surface area contributed by atoms with Gasteiger partial charge in [0.2, 0.25) is 0 Å². The quantitative estimate of drug-likeness (QED) is 0.366. The van der Waals surface area contributed by atoms with E-state index in [-0.39, 0.29) is 0 Å². The highest BCUT2D eigenvalue weighted by Gasteiger charge is 2.02. The number of nitrogens with zero attached hydrogens (tertiary/aromatic N) is 1. The van der Waals surface area contributed by atoms with E-state index in [0.29, 0.717) is 0 Å². The first kappa shape index (κ1) is 25.2. The van der Waals surface area contributed by atoms with Crippen molar-refractivity contribution in [3.8, 4) is 0 Å². The molecule has 2 nitrogen and oxygen atoms in total. The van der Waals surface area contributed by atoms with Gasteiger partial charge in [-0.2, -0.15) is 0 Å². The summed E-state index contributed by atoms with van der Waals surface area (Å²) in [5.74, 6) is 0. The summed E-state index contributed by atoms with van der Waals surface area (Å²) in [5.41, 5.74) is 9.72. The first-order valence-electron chi connectivity index (χ1n) is 10.6. The lowest BCUT2D eigenvalue weighted by Gasteiger charge is -2.12. The van der Waals surface area contributed by atoms with Gasteiger partial charge in [0.15, 0.2) is 0 Å². The van der Waals surface area contributed by atoms with Crippen LogP contribution in [0.15, 0.2) is 89.7 Å². The zero-order valence-corrected chi connectivity index (χ0v) is 19.7. The summed E-state index contributed by atoms with van der Waals surface area (Å²) < 4.78 is 0. The number of aliphatic imine (C=N–C) groups is 1. The standard InChI is InChI=1S/C19H27N.C9H11N/c1-7-18-13-17(9-8-16(18)6)10-11-19(12-14(2)3)20-15(4)5;1-8(10-2)9-6-4-3-5-7-9/h8-9,12-13,20H,2,4,7,10-11H2,1,3,5-6H3;3-7H,1-2H3/b19-12-;. The SMILES string of the molecule is C=C(C)/C=C(/CCc1ccc(C)c(CC)c1)NC(=C)C.CN=C(C)c1ccccc1. The van der Waals surface area contributed by atoms with Crippen LogP contribution in [0.3, 0.4) is 0 Å². The van der Waals surface area contributed by atoms with Gasteiger partial charge in [-0.25, -0.2) is 0 Å². The summed E-state index contributed by atoms with van der Waals surface area (Å²) in [6.07, 6.45) is 5.21. The largest absolute Gasteiger partial charge is 0.363 e. The Morgan fingerprint density at radius 1 is 1.03 bits per heavy atom. The van der Waals surface area contributed by atoms with Crippen LogP contribution in [0.2, 0.25) is 0 Å². The third-order valence-corrected chi connectivity index (χ3v) is 4.80. The van der Waals surface area contributed by atoms with Crippen LogP contribution in [0.4, 0.5) is 0 Å². The zero-order chi connectivity index (χ0) is 22.5. The highest BCUT2D eigenvalue weighted by atomic mass is 14.9. The number of nitrogens with one attached hydrogen (secondary N) is 1. The molecule has 0 heterocycles.